The molecule has 0 amide bonds. The van der Waals surface area contributed by atoms with Gasteiger partial charge in [-0.2, -0.15) is 0 Å². The molecule has 2 aliphatic carbocycles. The van der Waals surface area contributed by atoms with Crippen LogP contribution in [0.3, 0.4) is 0 Å². The van der Waals surface area contributed by atoms with Gasteiger partial charge in [-0.15, -0.1) is 0 Å². The standard InChI is InChI=1S/2C8H11.Hf/c2*1-6-4-7(2)8(3)5-6;/h4,8H,1-3H3;4,6H,1-3H3;. The zero-order valence-corrected chi connectivity index (χ0v) is 15.4. The van der Waals surface area contributed by atoms with E-state index in [2.05, 4.69) is 53.7 Å². The molecule has 0 aliphatic heterocycles. The molecule has 0 fully saturated rings. The topological polar surface area (TPSA) is 0 Å². The van der Waals surface area contributed by atoms with Crippen molar-refractivity contribution in [2.24, 2.45) is 11.8 Å². The molecule has 2 rings (SSSR count). The van der Waals surface area contributed by atoms with Gasteiger partial charge in [0.15, 0.2) is 0 Å². The van der Waals surface area contributed by atoms with Crippen molar-refractivity contribution >= 4 is 0 Å². The second-order valence-electron chi connectivity index (χ2n) is 5.51. The van der Waals surface area contributed by atoms with Gasteiger partial charge in [0.2, 0.25) is 0 Å². The van der Waals surface area contributed by atoms with E-state index >= 15 is 0 Å². The molecule has 17 heavy (non-hydrogen) atoms. The summed E-state index contributed by atoms with van der Waals surface area (Å²) >= 11 is -0.795. The summed E-state index contributed by atoms with van der Waals surface area (Å²) in [6.45, 7) is 14.0. The van der Waals surface area contributed by atoms with Crippen LogP contribution >= 0.6 is 0 Å². The maximum atomic E-state index is 2.45. The third kappa shape index (κ3) is 2.36. The van der Waals surface area contributed by atoms with Crippen LogP contribution in [0, 0.1) is 11.8 Å². The van der Waals surface area contributed by atoms with Crippen LogP contribution < -0.4 is 0 Å². The van der Waals surface area contributed by atoms with Gasteiger partial charge in [-0.25, -0.2) is 0 Å². The van der Waals surface area contributed by atoms with Gasteiger partial charge in [-0.1, -0.05) is 0 Å². The third-order valence-corrected chi connectivity index (χ3v) is 12.1. The maximum absolute atomic E-state index is 2.45. The average Bonchev–Trinajstić information content (AvgIpc) is 2.62. The number of rotatable bonds is 2. The first-order valence-electron chi connectivity index (χ1n) is 6.47. The Morgan fingerprint density at radius 2 is 1.65 bits per heavy atom. The minimum atomic E-state index is -0.795. The molecule has 2 unspecified atom stereocenters. The molecule has 0 spiro atoms. The quantitative estimate of drug-likeness (QED) is 0.592. The van der Waals surface area contributed by atoms with E-state index in [1.54, 1.807) is 16.7 Å². The van der Waals surface area contributed by atoms with Crippen LogP contribution in [0.25, 0.3) is 0 Å². The second kappa shape index (κ2) is 4.84. The first-order chi connectivity index (χ1) is 7.91. The van der Waals surface area contributed by atoms with Gasteiger partial charge in [-0.3, -0.25) is 0 Å². The monoisotopic (exact) mass is 394 g/mol. The Hall–Kier alpha value is -0.170. The molecule has 0 saturated heterocycles. The van der Waals surface area contributed by atoms with Crippen molar-refractivity contribution in [3.05, 3.63) is 41.1 Å². The first kappa shape index (κ1) is 13.3. The Labute approximate surface area is 117 Å². The predicted octanol–water partition coefficient (Wildman–Crippen LogP) is 4.81. The van der Waals surface area contributed by atoms with Crippen molar-refractivity contribution in [2.45, 2.75) is 41.5 Å². The first-order valence-corrected chi connectivity index (χ1v) is 10.1. The van der Waals surface area contributed by atoms with Gasteiger partial charge in [0.25, 0.3) is 0 Å². The zero-order valence-electron chi connectivity index (χ0n) is 11.8. The van der Waals surface area contributed by atoms with Crippen LogP contribution in [0.15, 0.2) is 41.1 Å². The molecule has 2 atom stereocenters. The summed E-state index contributed by atoms with van der Waals surface area (Å²) in [5.74, 6) is 1.44. The fourth-order valence-electron chi connectivity index (χ4n) is 2.81. The minimum absolute atomic E-state index is 0.715. The number of allylic oxidation sites excluding steroid dienone is 8. The van der Waals surface area contributed by atoms with Crippen LogP contribution in [0.5, 0.6) is 0 Å². The summed E-state index contributed by atoms with van der Waals surface area (Å²) in [4.78, 5) is 0. The van der Waals surface area contributed by atoms with Gasteiger partial charge in [-0.05, 0) is 0 Å². The molecule has 0 aromatic heterocycles. The summed E-state index contributed by atoms with van der Waals surface area (Å²) in [6.07, 6.45) is 4.86. The van der Waals surface area contributed by atoms with Crippen molar-refractivity contribution in [1.29, 1.82) is 0 Å². The Morgan fingerprint density at radius 1 is 1.00 bits per heavy atom. The van der Waals surface area contributed by atoms with Gasteiger partial charge in [0.1, 0.15) is 0 Å². The van der Waals surface area contributed by atoms with Crippen molar-refractivity contribution < 1.29 is 22.9 Å². The van der Waals surface area contributed by atoms with Crippen LogP contribution in [-0.4, -0.2) is 0 Å². The van der Waals surface area contributed by atoms with E-state index in [4.69, 9.17) is 0 Å². The van der Waals surface area contributed by atoms with Crippen molar-refractivity contribution in [2.75, 3.05) is 0 Å². The molecule has 0 N–H and O–H groups in total. The van der Waals surface area contributed by atoms with Crippen LogP contribution in [0.4, 0.5) is 0 Å². The van der Waals surface area contributed by atoms with Gasteiger partial charge < -0.3 is 0 Å². The number of hydrogen-bond donors (Lipinski definition) is 0. The Bertz CT molecular complexity index is 472. The molecule has 0 aromatic rings. The molecule has 0 aromatic carbocycles. The van der Waals surface area contributed by atoms with E-state index in [0.29, 0.717) is 5.92 Å². The SMILES string of the molecule is CC1=CC(C)[C]([Hf][C]2=C(C)C=C(C)C2C)=C1C. The molecule has 0 radical (unpaired) electrons. The summed E-state index contributed by atoms with van der Waals surface area (Å²) in [5.41, 5.74) is 6.28. The van der Waals surface area contributed by atoms with E-state index in [1.165, 1.54) is 5.57 Å². The van der Waals surface area contributed by atoms with E-state index in [-0.39, 0.29) is 0 Å². The van der Waals surface area contributed by atoms with E-state index in [9.17, 15) is 0 Å². The van der Waals surface area contributed by atoms with Gasteiger partial charge >= 0.3 is 117 Å². The molecular formula is C16H22Hf. The average molecular weight is 393 g/mol. The van der Waals surface area contributed by atoms with Crippen LogP contribution in [0.1, 0.15) is 41.5 Å². The Morgan fingerprint density at radius 3 is 2.06 bits per heavy atom. The summed E-state index contributed by atoms with van der Waals surface area (Å²) < 4.78 is 3.65. The normalized spacial score (nSPS) is 28.8. The summed E-state index contributed by atoms with van der Waals surface area (Å²) in [5, 5.41) is 0. The summed E-state index contributed by atoms with van der Waals surface area (Å²) in [6, 6.07) is 0. The van der Waals surface area contributed by atoms with Crippen LogP contribution in [-0.2, 0) is 22.9 Å². The summed E-state index contributed by atoms with van der Waals surface area (Å²) in [7, 11) is 0. The van der Waals surface area contributed by atoms with Crippen molar-refractivity contribution in [3.63, 3.8) is 0 Å². The molecule has 0 bridgehead atoms. The van der Waals surface area contributed by atoms with Crippen molar-refractivity contribution in [1.82, 2.24) is 0 Å². The fourth-order valence-corrected chi connectivity index (χ4v) is 8.92. The van der Waals surface area contributed by atoms with Crippen molar-refractivity contribution in [3.8, 4) is 0 Å². The van der Waals surface area contributed by atoms with E-state index < -0.39 is 22.9 Å². The molecular weight excluding hydrogens is 371 g/mol. The zero-order chi connectivity index (χ0) is 12.7. The third-order valence-electron chi connectivity index (χ3n) is 4.21. The molecule has 0 saturated carbocycles. The predicted molar refractivity (Wildman–Crippen MR) is 71.2 cm³/mol. The van der Waals surface area contributed by atoms with E-state index in [0.717, 1.165) is 5.92 Å². The fraction of sp³-hybridized carbons (Fsp3) is 0.500. The second-order valence-corrected chi connectivity index (χ2v) is 10.3. The molecule has 0 nitrogen and oxygen atoms in total. The molecule has 2 aliphatic rings. The molecule has 90 valence electrons. The molecule has 0 heterocycles. The van der Waals surface area contributed by atoms with Gasteiger partial charge in [0.05, 0.1) is 0 Å². The van der Waals surface area contributed by atoms with Gasteiger partial charge in [0, 0.05) is 0 Å². The Kier molecular flexibility index (Phi) is 3.77. The Balaban J connectivity index is 2.23. The number of hydrogen-bond acceptors (Lipinski definition) is 0. The van der Waals surface area contributed by atoms with E-state index in [1.807, 2.05) is 6.66 Å². The molecule has 1 heteroatoms. The van der Waals surface area contributed by atoms with Crippen LogP contribution in [0.2, 0.25) is 0 Å².